The van der Waals surface area contributed by atoms with Crippen molar-refractivity contribution in [2.45, 2.75) is 45.1 Å². The highest BCUT2D eigenvalue weighted by molar-refractivity contribution is 4.76. The van der Waals surface area contributed by atoms with E-state index in [0.717, 1.165) is 18.4 Å². The van der Waals surface area contributed by atoms with Crippen molar-refractivity contribution in [1.29, 1.82) is 0 Å². The molecule has 0 bridgehead atoms. The largest absolute Gasteiger partial charge is 0.378 e. The molecule has 2 atom stereocenters. The van der Waals surface area contributed by atoms with Crippen LogP contribution in [-0.2, 0) is 4.74 Å². The number of hydrogen-bond donors (Lipinski definition) is 0. The summed E-state index contributed by atoms with van der Waals surface area (Å²) in [6.45, 7) is 3.39. The van der Waals surface area contributed by atoms with Crippen LogP contribution in [0.5, 0.6) is 0 Å². The SMILES string of the molecule is C[C@H]1CC[C@@H](OCC2CC2)C1. The van der Waals surface area contributed by atoms with Crippen molar-refractivity contribution in [2.75, 3.05) is 6.61 Å². The Hall–Kier alpha value is -0.0400. The summed E-state index contributed by atoms with van der Waals surface area (Å²) in [5.74, 6) is 1.85. The maximum atomic E-state index is 5.80. The van der Waals surface area contributed by atoms with E-state index < -0.39 is 0 Å². The monoisotopic (exact) mass is 154 g/mol. The van der Waals surface area contributed by atoms with Gasteiger partial charge in [0, 0.05) is 6.61 Å². The summed E-state index contributed by atoms with van der Waals surface area (Å²) < 4.78 is 5.80. The Kier molecular flexibility index (Phi) is 2.17. The van der Waals surface area contributed by atoms with Crippen LogP contribution in [0.4, 0.5) is 0 Å². The highest BCUT2D eigenvalue weighted by atomic mass is 16.5. The molecular weight excluding hydrogens is 136 g/mol. The smallest absolute Gasteiger partial charge is 0.0577 e. The molecule has 2 fully saturated rings. The predicted molar refractivity (Wildman–Crippen MR) is 45.5 cm³/mol. The van der Waals surface area contributed by atoms with Gasteiger partial charge in [0.05, 0.1) is 6.10 Å². The summed E-state index contributed by atoms with van der Waals surface area (Å²) in [7, 11) is 0. The van der Waals surface area contributed by atoms with Crippen molar-refractivity contribution in [1.82, 2.24) is 0 Å². The molecule has 2 rings (SSSR count). The minimum absolute atomic E-state index is 0.616. The van der Waals surface area contributed by atoms with Gasteiger partial charge in [0.25, 0.3) is 0 Å². The summed E-state index contributed by atoms with van der Waals surface area (Å²) in [5, 5.41) is 0. The van der Waals surface area contributed by atoms with Crippen LogP contribution in [0.1, 0.15) is 39.0 Å². The van der Waals surface area contributed by atoms with E-state index in [-0.39, 0.29) is 0 Å². The molecule has 2 saturated carbocycles. The molecule has 0 unspecified atom stereocenters. The molecular formula is C10H18O. The molecule has 0 aliphatic heterocycles. The Labute approximate surface area is 69.1 Å². The van der Waals surface area contributed by atoms with Crippen LogP contribution in [0.15, 0.2) is 0 Å². The first kappa shape index (κ1) is 7.60. The van der Waals surface area contributed by atoms with Gasteiger partial charge in [-0.2, -0.15) is 0 Å². The lowest BCUT2D eigenvalue weighted by atomic mass is 10.1. The molecule has 2 aliphatic rings. The van der Waals surface area contributed by atoms with Crippen molar-refractivity contribution in [3.8, 4) is 0 Å². The van der Waals surface area contributed by atoms with Crippen molar-refractivity contribution >= 4 is 0 Å². The van der Waals surface area contributed by atoms with Crippen molar-refractivity contribution < 1.29 is 4.74 Å². The molecule has 0 aromatic carbocycles. The van der Waals surface area contributed by atoms with Crippen LogP contribution in [0.25, 0.3) is 0 Å². The van der Waals surface area contributed by atoms with Crippen LogP contribution in [0, 0.1) is 11.8 Å². The summed E-state index contributed by atoms with van der Waals surface area (Å²) in [6.07, 6.45) is 7.46. The first-order valence-corrected chi connectivity index (χ1v) is 4.96. The van der Waals surface area contributed by atoms with Gasteiger partial charge in [-0.3, -0.25) is 0 Å². The molecule has 1 nitrogen and oxygen atoms in total. The number of hydrogen-bond acceptors (Lipinski definition) is 1. The minimum atomic E-state index is 0.616. The Bertz CT molecular complexity index is 129. The first-order chi connectivity index (χ1) is 5.34. The lowest BCUT2D eigenvalue weighted by molar-refractivity contribution is 0.0488. The summed E-state index contributed by atoms with van der Waals surface area (Å²) in [4.78, 5) is 0. The Balaban J connectivity index is 1.62. The van der Waals surface area contributed by atoms with Gasteiger partial charge in [0.1, 0.15) is 0 Å². The second kappa shape index (κ2) is 3.14. The fourth-order valence-electron chi connectivity index (χ4n) is 1.86. The molecule has 0 saturated heterocycles. The second-order valence-corrected chi connectivity index (χ2v) is 4.32. The van der Waals surface area contributed by atoms with Gasteiger partial charge in [-0.25, -0.2) is 0 Å². The van der Waals surface area contributed by atoms with E-state index in [4.69, 9.17) is 4.74 Å². The Morgan fingerprint density at radius 1 is 1.18 bits per heavy atom. The third-order valence-corrected chi connectivity index (χ3v) is 2.91. The van der Waals surface area contributed by atoms with Crippen molar-refractivity contribution in [2.24, 2.45) is 11.8 Å². The van der Waals surface area contributed by atoms with Gasteiger partial charge in [-0.15, -0.1) is 0 Å². The van der Waals surface area contributed by atoms with E-state index in [9.17, 15) is 0 Å². The first-order valence-electron chi connectivity index (χ1n) is 4.96. The summed E-state index contributed by atoms with van der Waals surface area (Å²) in [6, 6.07) is 0. The fourth-order valence-corrected chi connectivity index (χ4v) is 1.86. The zero-order valence-corrected chi connectivity index (χ0v) is 7.38. The second-order valence-electron chi connectivity index (χ2n) is 4.32. The normalized spacial score (nSPS) is 37.9. The summed E-state index contributed by atoms with van der Waals surface area (Å²) >= 11 is 0. The molecule has 0 amide bonds. The zero-order chi connectivity index (χ0) is 7.68. The number of rotatable bonds is 3. The molecule has 2 aliphatic carbocycles. The van der Waals surface area contributed by atoms with Gasteiger partial charge in [0.2, 0.25) is 0 Å². The molecule has 0 heterocycles. The minimum Gasteiger partial charge on any atom is -0.378 e. The molecule has 1 heteroatoms. The molecule has 0 spiro atoms. The quantitative estimate of drug-likeness (QED) is 0.607. The molecule has 64 valence electrons. The predicted octanol–water partition coefficient (Wildman–Crippen LogP) is 2.60. The van der Waals surface area contributed by atoms with Gasteiger partial charge >= 0.3 is 0 Å². The van der Waals surface area contributed by atoms with Crippen LogP contribution >= 0.6 is 0 Å². The van der Waals surface area contributed by atoms with E-state index in [1.165, 1.54) is 32.1 Å². The topological polar surface area (TPSA) is 9.23 Å². The lowest BCUT2D eigenvalue weighted by Gasteiger charge is -2.10. The van der Waals surface area contributed by atoms with Crippen LogP contribution in [0.2, 0.25) is 0 Å². The van der Waals surface area contributed by atoms with E-state index in [0.29, 0.717) is 6.10 Å². The van der Waals surface area contributed by atoms with Gasteiger partial charge < -0.3 is 4.74 Å². The average molecular weight is 154 g/mol. The van der Waals surface area contributed by atoms with Crippen LogP contribution < -0.4 is 0 Å². The summed E-state index contributed by atoms with van der Waals surface area (Å²) in [5.41, 5.74) is 0. The Morgan fingerprint density at radius 3 is 2.55 bits per heavy atom. The van der Waals surface area contributed by atoms with E-state index in [1.54, 1.807) is 0 Å². The van der Waals surface area contributed by atoms with E-state index in [1.807, 2.05) is 0 Å². The Morgan fingerprint density at radius 2 is 2.00 bits per heavy atom. The standard InChI is InChI=1S/C10H18O/c1-8-2-5-10(6-8)11-7-9-3-4-9/h8-10H,2-7H2,1H3/t8-,10+/m0/s1. The molecule has 11 heavy (non-hydrogen) atoms. The number of ether oxygens (including phenoxy) is 1. The zero-order valence-electron chi connectivity index (χ0n) is 7.38. The molecule has 0 aromatic heterocycles. The third kappa shape index (κ3) is 2.19. The van der Waals surface area contributed by atoms with E-state index in [2.05, 4.69) is 6.92 Å². The van der Waals surface area contributed by atoms with Crippen molar-refractivity contribution in [3.05, 3.63) is 0 Å². The fraction of sp³-hybridized carbons (Fsp3) is 1.00. The maximum absolute atomic E-state index is 5.80. The third-order valence-electron chi connectivity index (χ3n) is 2.91. The maximum Gasteiger partial charge on any atom is 0.0577 e. The highest BCUT2D eigenvalue weighted by Crippen LogP contribution is 2.32. The van der Waals surface area contributed by atoms with Gasteiger partial charge in [-0.1, -0.05) is 6.92 Å². The van der Waals surface area contributed by atoms with Crippen molar-refractivity contribution in [3.63, 3.8) is 0 Å². The molecule has 0 radical (unpaired) electrons. The molecule has 0 aromatic rings. The average Bonchev–Trinajstić information content (AvgIpc) is 2.72. The van der Waals surface area contributed by atoms with E-state index >= 15 is 0 Å². The van der Waals surface area contributed by atoms with Gasteiger partial charge in [0.15, 0.2) is 0 Å². The van der Waals surface area contributed by atoms with Gasteiger partial charge in [-0.05, 0) is 43.9 Å². The molecule has 0 N–H and O–H groups in total. The van der Waals surface area contributed by atoms with Crippen LogP contribution in [-0.4, -0.2) is 12.7 Å². The lowest BCUT2D eigenvalue weighted by Crippen LogP contribution is -2.10. The highest BCUT2D eigenvalue weighted by Gasteiger charge is 2.26. The van der Waals surface area contributed by atoms with Crippen LogP contribution in [0.3, 0.4) is 0 Å².